The van der Waals surface area contributed by atoms with Crippen molar-refractivity contribution in [2.75, 3.05) is 5.32 Å². The Morgan fingerprint density at radius 1 is 1.22 bits per heavy atom. The van der Waals surface area contributed by atoms with Crippen LogP contribution in [0.15, 0.2) is 53.0 Å². The van der Waals surface area contributed by atoms with E-state index in [1.54, 1.807) is 12.1 Å². The number of amides is 1. The van der Waals surface area contributed by atoms with Crippen LogP contribution in [0.4, 0.5) is 5.69 Å². The van der Waals surface area contributed by atoms with Crippen molar-refractivity contribution in [1.82, 2.24) is 5.32 Å². The van der Waals surface area contributed by atoms with Crippen molar-refractivity contribution in [1.29, 1.82) is 0 Å². The summed E-state index contributed by atoms with van der Waals surface area (Å²) in [4.78, 5) is 12.2. The zero-order valence-electron chi connectivity index (χ0n) is 13.1. The van der Waals surface area contributed by atoms with Crippen LogP contribution in [0.25, 0.3) is 0 Å². The van der Waals surface area contributed by atoms with Gasteiger partial charge in [-0.05, 0) is 54.4 Å². The lowest BCUT2D eigenvalue weighted by Gasteiger charge is -2.17. The zero-order chi connectivity index (χ0) is 16.8. The molecule has 0 unspecified atom stereocenters. The number of thiocarbonyl (C=S) groups is 1. The standard InChI is InChI=1S/C18H19BrN2OS/c1-3-12(2)15-9-4-5-10-16(15)20-18(23)21-17(22)13-7-6-8-14(19)11-13/h4-12H,3H2,1-2H3,(H2,20,21,22,23)/t12-/m1/s1. The van der Waals surface area contributed by atoms with E-state index in [9.17, 15) is 4.79 Å². The number of anilines is 1. The van der Waals surface area contributed by atoms with Crippen LogP contribution in [0.5, 0.6) is 0 Å². The van der Waals surface area contributed by atoms with Crippen LogP contribution in [-0.2, 0) is 0 Å². The topological polar surface area (TPSA) is 41.1 Å². The second kappa shape index (κ2) is 8.22. The van der Waals surface area contributed by atoms with E-state index in [1.165, 1.54) is 5.56 Å². The van der Waals surface area contributed by atoms with E-state index >= 15 is 0 Å². The van der Waals surface area contributed by atoms with Crippen molar-refractivity contribution in [2.24, 2.45) is 0 Å². The minimum Gasteiger partial charge on any atom is -0.332 e. The highest BCUT2D eigenvalue weighted by molar-refractivity contribution is 9.10. The molecular weight excluding hydrogens is 372 g/mol. The van der Waals surface area contributed by atoms with Crippen LogP contribution in [0.3, 0.4) is 0 Å². The molecule has 0 fully saturated rings. The van der Waals surface area contributed by atoms with Gasteiger partial charge in [-0.3, -0.25) is 10.1 Å². The molecule has 1 atom stereocenters. The normalized spacial score (nSPS) is 11.6. The lowest BCUT2D eigenvalue weighted by Crippen LogP contribution is -2.34. The van der Waals surface area contributed by atoms with Crippen LogP contribution in [0, 0.1) is 0 Å². The van der Waals surface area contributed by atoms with Gasteiger partial charge in [0.2, 0.25) is 0 Å². The SMILES string of the molecule is CC[C@@H](C)c1ccccc1NC(=S)NC(=O)c1cccc(Br)c1. The number of benzene rings is 2. The lowest BCUT2D eigenvalue weighted by molar-refractivity contribution is 0.0977. The van der Waals surface area contributed by atoms with E-state index in [4.69, 9.17) is 12.2 Å². The molecule has 2 rings (SSSR count). The molecule has 0 aliphatic carbocycles. The smallest absolute Gasteiger partial charge is 0.257 e. The highest BCUT2D eigenvalue weighted by Crippen LogP contribution is 2.26. The first-order chi connectivity index (χ1) is 11.0. The molecule has 2 N–H and O–H groups in total. The molecule has 2 aromatic carbocycles. The number of nitrogens with one attached hydrogen (secondary N) is 2. The van der Waals surface area contributed by atoms with Crippen molar-refractivity contribution < 1.29 is 4.79 Å². The maximum absolute atomic E-state index is 12.2. The minimum absolute atomic E-state index is 0.232. The van der Waals surface area contributed by atoms with Gasteiger partial charge in [-0.25, -0.2) is 0 Å². The number of hydrogen-bond donors (Lipinski definition) is 2. The van der Waals surface area contributed by atoms with Crippen molar-refractivity contribution in [3.05, 3.63) is 64.1 Å². The maximum Gasteiger partial charge on any atom is 0.257 e. The Morgan fingerprint density at radius 3 is 2.65 bits per heavy atom. The average Bonchev–Trinajstić information content (AvgIpc) is 2.54. The fourth-order valence-electron chi connectivity index (χ4n) is 2.22. The van der Waals surface area contributed by atoms with Gasteiger partial charge < -0.3 is 5.32 Å². The van der Waals surface area contributed by atoms with Crippen LogP contribution >= 0.6 is 28.1 Å². The van der Waals surface area contributed by atoms with Gasteiger partial charge in [0.1, 0.15) is 0 Å². The molecule has 0 saturated carbocycles. The van der Waals surface area contributed by atoms with E-state index in [-0.39, 0.29) is 5.91 Å². The van der Waals surface area contributed by atoms with Crippen molar-refractivity contribution in [2.45, 2.75) is 26.2 Å². The number of carbonyl (C=O) groups excluding carboxylic acids is 1. The van der Waals surface area contributed by atoms with Crippen LogP contribution in [0.1, 0.15) is 42.1 Å². The summed E-state index contributed by atoms with van der Waals surface area (Å²) in [6, 6.07) is 15.2. The Morgan fingerprint density at radius 2 is 1.96 bits per heavy atom. The number of carbonyl (C=O) groups is 1. The second-order valence-electron chi connectivity index (χ2n) is 5.32. The lowest BCUT2D eigenvalue weighted by atomic mass is 9.97. The summed E-state index contributed by atoms with van der Waals surface area (Å²) >= 11 is 8.63. The van der Waals surface area contributed by atoms with Crippen LogP contribution in [0.2, 0.25) is 0 Å². The van der Waals surface area contributed by atoms with Gasteiger partial charge in [0.25, 0.3) is 5.91 Å². The van der Waals surface area contributed by atoms with Gasteiger partial charge in [-0.2, -0.15) is 0 Å². The molecule has 0 radical (unpaired) electrons. The molecule has 0 heterocycles. The summed E-state index contributed by atoms with van der Waals surface area (Å²) in [6.07, 6.45) is 1.04. The molecule has 0 bridgehead atoms. The summed E-state index contributed by atoms with van der Waals surface area (Å²) in [7, 11) is 0. The van der Waals surface area contributed by atoms with E-state index < -0.39 is 0 Å². The Hall–Kier alpha value is -1.72. The highest BCUT2D eigenvalue weighted by atomic mass is 79.9. The predicted molar refractivity (Wildman–Crippen MR) is 103 cm³/mol. The average molecular weight is 391 g/mol. The van der Waals surface area contributed by atoms with Gasteiger partial charge in [-0.15, -0.1) is 0 Å². The van der Waals surface area contributed by atoms with E-state index in [0.29, 0.717) is 16.6 Å². The number of halogens is 1. The third-order valence-electron chi connectivity index (χ3n) is 3.67. The molecule has 2 aromatic rings. The summed E-state index contributed by atoms with van der Waals surface area (Å²) < 4.78 is 0.853. The Labute approximate surface area is 150 Å². The third kappa shape index (κ3) is 4.88. The Kier molecular flexibility index (Phi) is 6.30. The molecule has 0 aliphatic heterocycles. The fraction of sp³-hybridized carbons (Fsp3) is 0.222. The molecule has 0 spiro atoms. The van der Waals surface area contributed by atoms with Crippen molar-refractivity contribution in [3.8, 4) is 0 Å². The number of hydrogen-bond acceptors (Lipinski definition) is 2. The fourth-order valence-corrected chi connectivity index (χ4v) is 2.82. The first kappa shape index (κ1) is 17.6. The van der Waals surface area contributed by atoms with Gasteiger partial charge >= 0.3 is 0 Å². The largest absolute Gasteiger partial charge is 0.332 e. The molecule has 5 heteroatoms. The summed E-state index contributed by atoms with van der Waals surface area (Å²) in [6.45, 7) is 4.32. The molecule has 1 amide bonds. The number of para-hydroxylation sites is 1. The molecule has 0 saturated heterocycles. The first-order valence-corrected chi connectivity index (χ1v) is 8.68. The van der Waals surface area contributed by atoms with E-state index in [0.717, 1.165) is 16.6 Å². The van der Waals surface area contributed by atoms with Crippen LogP contribution in [-0.4, -0.2) is 11.0 Å². The molecule has 3 nitrogen and oxygen atoms in total. The minimum atomic E-state index is -0.232. The maximum atomic E-state index is 12.2. The van der Waals surface area contributed by atoms with Crippen molar-refractivity contribution >= 4 is 44.9 Å². The van der Waals surface area contributed by atoms with Crippen molar-refractivity contribution in [3.63, 3.8) is 0 Å². The molecule has 0 aromatic heterocycles. The predicted octanol–water partition coefficient (Wildman–Crippen LogP) is 5.09. The monoisotopic (exact) mass is 390 g/mol. The van der Waals surface area contributed by atoms with Gasteiger partial charge in [-0.1, -0.05) is 54.0 Å². The Bertz CT molecular complexity index is 718. The summed E-state index contributed by atoms with van der Waals surface area (Å²) in [5, 5.41) is 6.14. The second-order valence-corrected chi connectivity index (χ2v) is 6.64. The summed E-state index contributed by atoms with van der Waals surface area (Å²) in [5.41, 5.74) is 2.68. The molecule has 0 aliphatic rings. The van der Waals surface area contributed by atoms with Crippen LogP contribution < -0.4 is 10.6 Å². The van der Waals surface area contributed by atoms with E-state index in [1.807, 2.05) is 30.3 Å². The number of rotatable bonds is 4. The summed E-state index contributed by atoms with van der Waals surface area (Å²) in [5.74, 6) is 0.187. The first-order valence-electron chi connectivity index (χ1n) is 7.48. The third-order valence-corrected chi connectivity index (χ3v) is 4.36. The van der Waals surface area contributed by atoms with Gasteiger partial charge in [0.15, 0.2) is 5.11 Å². The van der Waals surface area contributed by atoms with Gasteiger partial charge in [0, 0.05) is 15.7 Å². The zero-order valence-corrected chi connectivity index (χ0v) is 15.5. The van der Waals surface area contributed by atoms with Gasteiger partial charge in [0.05, 0.1) is 0 Å². The molecule has 120 valence electrons. The molecular formula is C18H19BrN2OS. The molecule has 23 heavy (non-hydrogen) atoms. The Balaban J connectivity index is 2.07. The highest BCUT2D eigenvalue weighted by Gasteiger charge is 2.12. The van der Waals surface area contributed by atoms with E-state index in [2.05, 4.69) is 46.5 Å². The quantitative estimate of drug-likeness (QED) is 0.714.